The van der Waals surface area contributed by atoms with Crippen LogP contribution in [0.5, 0.6) is 0 Å². The summed E-state index contributed by atoms with van der Waals surface area (Å²) in [6.45, 7) is 7.67. The lowest BCUT2D eigenvalue weighted by Crippen LogP contribution is -2.54. The van der Waals surface area contributed by atoms with Gasteiger partial charge in [-0.05, 0) is 51.1 Å². The van der Waals surface area contributed by atoms with Gasteiger partial charge in [0.15, 0.2) is 0 Å². The number of thiophene rings is 1. The molecule has 1 N–H and O–H groups in total. The topological polar surface area (TPSA) is 76.2 Å². The molecule has 0 aliphatic carbocycles. The Balaban J connectivity index is 1.43. The number of benzene rings is 1. The van der Waals surface area contributed by atoms with Gasteiger partial charge in [-0.3, -0.25) is 0 Å². The average molecular weight is 578 g/mol. The van der Waals surface area contributed by atoms with Crippen LogP contribution in [0.15, 0.2) is 34.5 Å². The summed E-state index contributed by atoms with van der Waals surface area (Å²) < 4.78 is 82.5. The van der Waals surface area contributed by atoms with Crippen LogP contribution < -0.4 is 15.1 Å². The standard InChI is InChI=1S/C24H31F4N5O3S2/c1-16(2)29-23(34)31-10-8-30(9-11-31)21-6-7-22(37-21)38(35,36)33-13-12-32(15-17(33)3)20-5-4-18(25)14-19(20)24(26,27)28/h4-7,14,16-17H,8-13,15H2,1-3H3,(H,29,34)/t17-/m1/s1. The number of carbonyl (C=O) groups is 1. The van der Waals surface area contributed by atoms with Crippen molar-refractivity contribution in [3.05, 3.63) is 41.7 Å². The highest BCUT2D eigenvalue weighted by molar-refractivity contribution is 7.91. The molecule has 2 aliphatic rings. The van der Waals surface area contributed by atoms with Crippen LogP contribution in [0.4, 0.5) is 33.0 Å². The fraction of sp³-hybridized carbons (Fsp3) is 0.542. The van der Waals surface area contributed by atoms with E-state index in [4.69, 9.17) is 0 Å². The molecular formula is C24H31F4N5O3S2. The number of halogens is 4. The van der Waals surface area contributed by atoms with Gasteiger partial charge >= 0.3 is 12.2 Å². The normalized spacial score (nSPS) is 19.8. The van der Waals surface area contributed by atoms with Crippen LogP contribution in [0.3, 0.4) is 0 Å². The summed E-state index contributed by atoms with van der Waals surface area (Å²) >= 11 is 1.14. The third-order valence-corrected chi connectivity index (χ3v) is 10.2. The van der Waals surface area contributed by atoms with Crippen molar-refractivity contribution < 1.29 is 30.8 Å². The number of nitrogens with one attached hydrogen (secondary N) is 1. The Hall–Kier alpha value is -2.58. The molecule has 0 radical (unpaired) electrons. The highest BCUT2D eigenvalue weighted by Gasteiger charge is 2.39. The maximum atomic E-state index is 13.5. The number of carbonyl (C=O) groups excluding carboxylic acids is 1. The Bertz CT molecular complexity index is 1260. The molecule has 3 heterocycles. The number of urea groups is 1. The average Bonchev–Trinajstić information content (AvgIpc) is 3.34. The SMILES string of the molecule is CC(C)NC(=O)N1CCN(c2ccc(S(=O)(=O)N3CCN(c4ccc(F)cc4C(F)(F)F)C[C@H]3C)s2)CC1. The predicted octanol–water partition coefficient (Wildman–Crippen LogP) is 4.05. The molecule has 2 aromatic rings. The van der Waals surface area contributed by atoms with E-state index in [-0.39, 0.29) is 41.6 Å². The molecule has 0 spiro atoms. The van der Waals surface area contributed by atoms with Crippen molar-refractivity contribution in [1.29, 1.82) is 0 Å². The molecule has 14 heteroatoms. The van der Waals surface area contributed by atoms with Crippen LogP contribution in [0, 0.1) is 5.82 Å². The zero-order valence-electron chi connectivity index (χ0n) is 21.3. The van der Waals surface area contributed by atoms with Crippen LogP contribution in [-0.2, 0) is 16.2 Å². The minimum atomic E-state index is -4.74. The van der Waals surface area contributed by atoms with Crippen molar-refractivity contribution in [2.75, 3.05) is 55.6 Å². The zero-order valence-corrected chi connectivity index (χ0v) is 23.0. The monoisotopic (exact) mass is 577 g/mol. The Morgan fingerprint density at radius 1 is 1.03 bits per heavy atom. The molecule has 0 bridgehead atoms. The molecule has 2 aliphatic heterocycles. The van der Waals surface area contributed by atoms with E-state index < -0.39 is 33.6 Å². The molecule has 1 aromatic carbocycles. The Morgan fingerprint density at radius 3 is 2.29 bits per heavy atom. The number of alkyl halides is 3. The lowest BCUT2D eigenvalue weighted by molar-refractivity contribution is -0.137. The second-order valence-electron chi connectivity index (χ2n) is 9.74. The number of hydrogen-bond acceptors (Lipinski definition) is 6. The van der Waals surface area contributed by atoms with Crippen molar-refractivity contribution in [2.45, 2.75) is 43.2 Å². The first kappa shape index (κ1) is 28.4. The zero-order chi connectivity index (χ0) is 27.8. The number of amides is 2. The highest BCUT2D eigenvalue weighted by Crippen LogP contribution is 2.39. The van der Waals surface area contributed by atoms with Gasteiger partial charge in [-0.1, -0.05) is 0 Å². The summed E-state index contributed by atoms with van der Waals surface area (Å²) in [6, 6.07) is 5.14. The predicted molar refractivity (Wildman–Crippen MR) is 139 cm³/mol. The lowest BCUT2D eigenvalue weighted by atomic mass is 10.1. The Morgan fingerprint density at radius 2 is 1.68 bits per heavy atom. The lowest BCUT2D eigenvalue weighted by Gasteiger charge is -2.40. The van der Waals surface area contributed by atoms with Crippen LogP contribution in [0.1, 0.15) is 26.3 Å². The van der Waals surface area contributed by atoms with Gasteiger partial charge in [0.1, 0.15) is 10.0 Å². The largest absolute Gasteiger partial charge is 0.418 e. The van der Waals surface area contributed by atoms with E-state index in [1.165, 1.54) is 9.21 Å². The van der Waals surface area contributed by atoms with Crippen molar-refractivity contribution in [1.82, 2.24) is 14.5 Å². The molecule has 38 heavy (non-hydrogen) atoms. The molecule has 8 nitrogen and oxygen atoms in total. The van der Waals surface area contributed by atoms with E-state index in [2.05, 4.69) is 5.32 Å². The third kappa shape index (κ3) is 6.01. The van der Waals surface area contributed by atoms with Gasteiger partial charge in [-0.25, -0.2) is 17.6 Å². The van der Waals surface area contributed by atoms with Crippen LogP contribution in [-0.4, -0.2) is 81.6 Å². The van der Waals surface area contributed by atoms with Crippen LogP contribution >= 0.6 is 11.3 Å². The maximum Gasteiger partial charge on any atom is 0.418 e. The highest BCUT2D eigenvalue weighted by atomic mass is 32.2. The summed E-state index contributed by atoms with van der Waals surface area (Å²) in [6.07, 6.45) is -4.74. The molecule has 210 valence electrons. The molecule has 2 fully saturated rings. The summed E-state index contributed by atoms with van der Waals surface area (Å²) in [5, 5.41) is 3.65. The molecule has 0 saturated carbocycles. The summed E-state index contributed by atoms with van der Waals surface area (Å²) in [5.41, 5.74) is -1.24. The second kappa shape index (κ2) is 10.9. The molecule has 0 unspecified atom stereocenters. The third-order valence-electron chi connectivity index (χ3n) is 6.59. The van der Waals surface area contributed by atoms with E-state index in [1.807, 2.05) is 18.7 Å². The van der Waals surface area contributed by atoms with E-state index >= 15 is 0 Å². The van der Waals surface area contributed by atoms with Crippen LogP contribution in [0.2, 0.25) is 0 Å². The summed E-state index contributed by atoms with van der Waals surface area (Å²) in [4.78, 5) is 17.4. The van der Waals surface area contributed by atoms with E-state index in [9.17, 15) is 30.8 Å². The first-order chi connectivity index (χ1) is 17.8. The second-order valence-corrected chi connectivity index (χ2v) is 12.9. The van der Waals surface area contributed by atoms with Gasteiger partial charge in [-0.2, -0.15) is 17.5 Å². The molecule has 1 atom stereocenters. The van der Waals surface area contributed by atoms with Gasteiger partial charge in [0.2, 0.25) is 0 Å². The first-order valence-corrected chi connectivity index (χ1v) is 14.6. The quantitative estimate of drug-likeness (QED) is 0.543. The van der Waals surface area contributed by atoms with Crippen molar-refractivity contribution in [2.24, 2.45) is 0 Å². The summed E-state index contributed by atoms with van der Waals surface area (Å²) in [5.74, 6) is -0.982. The van der Waals surface area contributed by atoms with Gasteiger partial charge in [-0.15, -0.1) is 11.3 Å². The van der Waals surface area contributed by atoms with E-state index in [0.717, 1.165) is 28.5 Å². The minimum absolute atomic E-state index is 0.00492. The van der Waals surface area contributed by atoms with Gasteiger partial charge in [0, 0.05) is 63.6 Å². The smallest absolute Gasteiger partial charge is 0.368 e. The van der Waals surface area contributed by atoms with Gasteiger partial charge < -0.3 is 20.0 Å². The van der Waals surface area contributed by atoms with Crippen molar-refractivity contribution in [3.63, 3.8) is 0 Å². The molecule has 1 aromatic heterocycles. The van der Waals surface area contributed by atoms with E-state index in [1.54, 1.807) is 24.0 Å². The van der Waals surface area contributed by atoms with Crippen molar-refractivity contribution in [3.8, 4) is 0 Å². The van der Waals surface area contributed by atoms with Crippen LogP contribution in [0.25, 0.3) is 0 Å². The first-order valence-electron chi connectivity index (χ1n) is 12.3. The fourth-order valence-electron chi connectivity index (χ4n) is 4.73. The van der Waals surface area contributed by atoms with Gasteiger partial charge in [0.25, 0.3) is 10.0 Å². The minimum Gasteiger partial charge on any atom is -0.368 e. The summed E-state index contributed by atoms with van der Waals surface area (Å²) in [7, 11) is -3.88. The van der Waals surface area contributed by atoms with Crippen molar-refractivity contribution >= 4 is 38.1 Å². The van der Waals surface area contributed by atoms with E-state index in [0.29, 0.717) is 32.2 Å². The molecule has 2 saturated heterocycles. The molecule has 4 rings (SSSR count). The number of hydrogen-bond donors (Lipinski definition) is 1. The number of nitrogens with zero attached hydrogens (tertiary/aromatic N) is 4. The Kier molecular flexibility index (Phi) is 8.15. The molecular weight excluding hydrogens is 546 g/mol. The number of anilines is 2. The number of rotatable bonds is 5. The number of piperazine rings is 2. The molecule has 2 amide bonds. The Labute approximate surface area is 223 Å². The maximum absolute atomic E-state index is 13.5. The van der Waals surface area contributed by atoms with Gasteiger partial charge in [0.05, 0.1) is 10.6 Å². The fourth-order valence-corrected chi connectivity index (χ4v) is 7.82. The number of sulfonamides is 1.